The van der Waals surface area contributed by atoms with Gasteiger partial charge in [0.15, 0.2) is 0 Å². The van der Waals surface area contributed by atoms with Crippen LogP contribution in [0.4, 0.5) is 5.82 Å². The maximum absolute atomic E-state index is 9.63. The van der Waals surface area contributed by atoms with E-state index in [2.05, 4.69) is 21.3 Å². The molecule has 2 aromatic heterocycles. The molecule has 0 fully saturated rings. The molecule has 6 nitrogen and oxygen atoms in total. The van der Waals surface area contributed by atoms with Crippen molar-refractivity contribution in [2.75, 3.05) is 12.4 Å². The Hall–Kier alpha value is -2.92. The molecule has 3 aromatic rings. The van der Waals surface area contributed by atoms with Crippen molar-refractivity contribution in [3.8, 4) is 17.3 Å². The number of anilines is 1. The van der Waals surface area contributed by atoms with Gasteiger partial charge in [0, 0.05) is 16.7 Å². The summed E-state index contributed by atoms with van der Waals surface area (Å²) in [7, 11) is 1.47. The summed E-state index contributed by atoms with van der Waals surface area (Å²) in [6, 6.07) is 17.8. The van der Waals surface area contributed by atoms with Gasteiger partial charge in [-0.2, -0.15) is 9.60 Å². The van der Waals surface area contributed by atoms with Gasteiger partial charge in [-0.1, -0.05) is 25.1 Å². The Morgan fingerprint density at radius 3 is 2.64 bits per heavy atom. The van der Waals surface area contributed by atoms with Crippen molar-refractivity contribution in [2.45, 2.75) is 24.8 Å². The number of aromatic nitrogens is 2. The predicted octanol–water partition coefficient (Wildman–Crippen LogP) is 4.77. The lowest BCUT2D eigenvalue weighted by molar-refractivity contribution is -0.160. The topological polar surface area (TPSA) is 80.1 Å². The SMILES string of the molecule is CCc1cc(-c2ccc(SOOC)cc2)nc(NCc2ccccn2)c1C#N. The fraction of sp³-hybridized carbons (Fsp3) is 0.190. The summed E-state index contributed by atoms with van der Waals surface area (Å²) in [6.07, 6.45) is 2.49. The van der Waals surface area contributed by atoms with Crippen molar-refractivity contribution in [3.05, 3.63) is 71.5 Å². The average molecular weight is 392 g/mol. The Kier molecular flexibility index (Phi) is 6.98. The van der Waals surface area contributed by atoms with Crippen LogP contribution in [0.3, 0.4) is 0 Å². The third-order valence-electron chi connectivity index (χ3n) is 4.11. The molecular weight excluding hydrogens is 372 g/mol. The minimum Gasteiger partial charge on any atom is -0.363 e. The van der Waals surface area contributed by atoms with E-state index in [1.807, 2.05) is 55.5 Å². The number of hydrogen-bond acceptors (Lipinski definition) is 7. The average Bonchev–Trinajstić information content (AvgIpc) is 2.76. The van der Waals surface area contributed by atoms with Gasteiger partial charge in [0.1, 0.15) is 11.9 Å². The van der Waals surface area contributed by atoms with Crippen molar-refractivity contribution in [3.63, 3.8) is 0 Å². The third-order valence-corrected chi connectivity index (χ3v) is 4.77. The second kappa shape index (κ2) is 9.85. The first-order valence-electron chi connectivity index (χ1n) is 8.80. The van der Waals surface area contributed by atoms with Gasteiger partial charge in [-0.05, 0) is 42.3 Å². The summed E-state index contributed by atoms with van der Waals surface area (Å²) in [5, 5.41) is 12.9. The van der Waals surface area contributed by atoms with Crippen molar-refractivity contribution in [2.24, 2.45) is 0 Å². The minimum atomic E-state index is 0.499. The van der Waals surface area contributed by atoms with Crippen LogP contribution < -0.4 is 5.32 Å². The van der Waals surface area contributed by atoms with E-state index in [1.165, 1.54) is 7.11 Å². The summed E-state index contributed by atoms with van der Waals surface area (Å²) in [5.74, 6) is 0.573. The number of nitrogens with zero attached hydrogens (tertiary/aromatic N) is 3. The van der Waals surface area contributed by atoms with Gasteiger partial charge >= 0.3 is 0 Å². The molecule has 0 bridgehead atoms. The molecule has 142 valence electrons. The van der Waals surface area contributed by atoms with Crippen LogP contribution in [0.1, 0.15) is 23.7 Å². The highest BCUT2D eigenvalue weighted by atomic mass is 32.2. The molecule has 0 atom stereocenters. The number of nitriles is 1. The minimum absolute atomic E-state index is 0.499. The Bertz CT molecular complexity index is 957. The van der Waals surface area contributed by atoms with Gasteiger partial charge in [-0.25, -0.2) is 9.87 Å². The van der Waals surface area contributed by atoms with Crippen molar-refractivity contribution in [1.82, 2.24) is 9.97 Å². The number of aryl methyl sites for hydroxylation is 1. The van der Waals surface area contributed by atoms with Crippen molar-refractivity contribution in [1.29, 1.82) is 5.26 Å². The summed E-state index contributed by atoms with van der Waals surface area (Å²) in [5.41, 5.74) is 4.18. The van der Waals surface area contributed by atoms with E-state index < -0.39 is 0 Å². The molecule has 28 heavy (non-hydrogen) atoms. The van der Waals surface area contributed by atoms with Gasteiger partial charge in [0.25, 0.3) is 0 Å². The smallest absolute Gasteiger partial charge is 0.145 e. The monoisotopic (exact) mass is 392 g/mol. The molecule has 7 heteroatoms. The van der Waals surface area contributed by atoms with E-state index >= 15 is 0 Å². The number of pyridine rings is 2. The highest BCUT2D eigenvalue weighted by Gasteiger charge is 2.13. The molecule has 1 N–H and O–H groups in total. The molecule has 0 spiro atoms. The summed E-state index contributed by atoms with van der Waals surface area (Å²) in [4.78, 5) is 14.5. The maximum Gasteiger partial charge on any atom is 0.145 e. The molecule has 0 unspecified atom stereocenters. The zero-order valence-electron chi connectivity index (χ0n) is 15.7. The largest absolute Gasteiger partial charge is 0.363 e. The lowest BCUT2D eigenvalue weighted by Crippen LogP contribution is -2.07. The van der Waals surface area contributed by atoms with E-state index in [0.29, 0.717) is 17.9 Å². The van der Waals surface area contributed by atoms with Gasteiger partial charge in [0.2, 0.25) is 0 Å². The van der Waals surface area contributed by atoms with Crippen LogP contribution in [0.2, 0.25) is 0 Å². The van der Waals surface area contributed by atoms with Crippen LogP contribution in [0.25, 0.3) is 11.3 Å². The van der Waals surface area contributed by atoms with Crippen LogP contribution in [0, 0.1) is 11.3 Å². The van der Waals surface area contributed by atoms with Gasteiger partial charge in [0.05, 0.1) is 42.6 Å². The van der Waals surface area contributed by atoms with Crippen LogP contribution >= 0.6 is 12.0 Å². The van der Waals surface area contributed by atoms with Crippen LogP contribution in [0.5, 0.6) is 0 Å². The Balaban J connectivity index is 1.90. The standard InChI is InChI=1S/C21H20N4O2S/c1-3-15-12-20(16-7-9-18(10-8-16)28-27-26-2)25-21(19(15)13-22)24-14-17-6-4-5-11-23-17/h4-12H,3,14H2,1-2H3,(H,24,25). The van der Waals surface area contributed by atoms with Gasteiger partial charge in [-0.3, -0.25) is 4.98 Å². The lowest BCUT2D eigenvalue weighted by atomic mass is 10.0. The second-order valence-corrected chi connectivity index (χ2v) is 6.65. The van der Waals surface area contributed by atoms with E-state index in [9.17, 15) is 5.26 Å². The van der Waals surface area contributed by atoms with Crippen LogP contribution in [-0.4, -0.2) is 17.1 Å². The molecule has 0 saturated carbocycles. The predicted molar refractivity (Wildman–Crippen MR) is 109 cm³/mol. The van der Waals surface area contributed by atoms with Crippen molar-refractivity contribution < 1.29 is 9.22 Å². The highest BCUT2D eigenvalue weighted by molar-refractivity contribution is 7.94. The first-order chi connectivity index (χ1) is 13.7. The Morgan fingerprint density at radius 2 is 2.00 bits per heavy atom. The maximum atomic E-state index is 9.63. The third kappa shape index (κ3) is 4.87. The number of hydrogen-bond donors (Lipinski definition) is 1. The zero-order chi connectivity index (χ0) is 19.8. The second-order valence-electron chi connectivity index (χ2n) is 5.87. The van der Waals surface area contributed by atoms with Crippen molar-refractivity contribution >= 4 is 17.9 Å². The molecular formula is C21H20N4O2S. The number of nitrogens with one attached hydrogen (secondary N) is 1. The first-order valence-corrected chi connectivity index (χ1v) is 9.55. The molecule has 0 radical (unpaired) electrons. The van der Waals surface area contributed by atoms with E-state index in [-0.39, 0.29) is 0 Å². The first kappa shape index (κ1) is 19.8. The summed E-state index contributed by atoms with van der Waals surface area (Å²) in [6.45, 7) is 2.53. The number of benzene rings is 1. The van der Waals surface area contributed by atoms with E-state index in [4.69, 9.17) is 9.32 Å². The fourth-order valence-corrected chi connectivity index (χ4v) is 3.10. The highest BCUT2D eigenvalue weighted by Crippen LogP contribution is 2.28. The molecule has 0 aliphatic carbocycles. The fourth-order valence-electron chi connectivity index (χ4n) is 2.71. The zero-order valence-corrected chi connectivity index (χ0v) is 16.5. The Morgan fingerprint density at radius 1 is 1.18 bits per heavy atom. The molecule has 2 heterocycles. The van der Waals surface area contributed by atoms with Crippen LogP contribution in [0.15, 0.2) is 59.6 Å². The molecule has 0 aliphatic rings. The molecule has 0 aliphatic heterocycles. The molecule has 1 aromatic carbocycles. The van der Waals surface area contributed by atoms with E-state index in [0.717, 1.165) is 45.9 Å². The van der Waals surface area contributed by atoms with Gasteiger partial charge in [-0.15, -0.1) is 0 Å². The molecule has 3 rings (SSSR count). The number of rotatable bonds is 8. The molecule has 0 saturated heterocycles. The Labute approximate surface area is 168 Å². The van der Waals surface area contributed by atoms with Crippen LogP contribution in [-0.2, 0) is 22.2 Å². The quantitative estimate of drug-likeness (QED) is 0.336. The van der Waals surface area contributed by atoms with E-state index in [1.54, 1.807) is 6.20 Å². The normalized spacial score (nSPS) is 10.5. The summed E-state index contributed by atoms with van der Waals surface area (Å²) >= 11 is 1.14. The lowest BCUT2D eigenvalue weighted by Gasteiger charge is -2.13. The summed E-state index contributed by atoms with van der Waals surface area (Å²) < 4.78 is 4.87. The van der Waals surface area contributed by atoms with Gasteiger partial charge < -0.3 is 5.32 Å². The molecule has 0 amide bonds.